The van der Waals surface area contributed by atoms with Crippen LogP contribution in [0.4, 0.5) is 13.2 Å². The average molecular weight is 321 g/mol. The lowest BCUT2D eigenvalue weighted by Gasteiger charge is -2.10. The number of nitrogen functional groups attached to an aromatic ring is 1. The number of carbonyl (C=O) groups is 1. The van der Waals surface area contributed by atoms with Crippen molar-refractivity contribution in [3.05, 3.63) is 53.9 Å². The van der Waals surface area contributed by atoms with Gasteiger partial charge in [0.1, 0.15) is 0 Å². The first kappa shape index (κ1) is 15.0. The van der Waals surface area contributed by atoms with Gasteiger partial charge in [-0.25, -0.2) is 15.3 Å². The van der Waals surface area contributed by atoms with Crippen molar-refractivity contribution < 1.29 is 18.0 Å². The number of rotatable bonds is 2. The van der Waals surface area contributed by atoms with Crippen molar-refractivity contribution in [3.63, 3.8) is 0 Å². The largest absolute Gasteiger partial charge is 0.433 e. The van der Waals surface area contributed by atoms with Gasteiger partial charge in [-0.2, -0.15) is 18.3 Å². The molecular weight excluding hydrogens is 311 g/mol. The van der Waals surface area contributed by atoms with E-state index in [1.807, 2.05) is 5.43 Å². The third-order valence-corrected chi connectivity index (χ3v) is 3.15. The number of benzene rings is 1. The predicted octanol–water partition coefficient (Wildman–Crippen LogP) is 2.02. The van der Waals surface area contributed by atoms with Crippen LogP contribution in [0.2, 0.25) is 0 Å². The number of hydrogen-bond acceptors (Lipinski definition) is 4. The maximum absolute atomic E-state index is 13.3. The molecule has 23 heavy (non-hydrogen) atoms. The van der Waals surface area contributed by atoms with Gasteiger partial charge in [0, 0.05) is 11.6 Å². The molecule has 0 saturated carbocycles. The molecule has 0 atom stereocenters. The summed E-state index contributed by atoms with van der Waals surface area (Å²) in [4.78, 5) is 15.6. The van der Waals surface area contributed by atoms with E-state index in [9.17, 15) is 18.0 Å². The van der Waals surface area contributed by atoms with E-state index >= 15 is 0 Å². The van der Waals surface area contributed by atoms with Crippen molar-refractivity contribution in [2.45, 2.75) is 6.18 Å². The Bertz CT molecular complexity index is 873. The van der Waals surface area contributed by atoms with Gasteiger partial charge in [0.2, 0.25) is 0 Å². The maximum Gasteiger partial charge on any atom is 0.433 e. The molecule has 1 aromatic carbocycles. The first-order valence-corrected chi connectivity index (χ1v) is 6.44. The summed E-state index contributed by atoms with van der Waals surface area (Å²) in [5.41, 5.74) is 1.09. The van der Waals surface area contributed by atoms with Gasteiger partial charge in [-0.15, -0.1) is 0 Å². The summed E-state index contributed by atoms with van der Waals surface area (Å²) in [6.07, 6.45) is -4.66. The first-order chi connectivity index (χ1) is 10.9. The summed E-state index contributed by atoms with van der Waals surface area (Å²) < 4.78 is 40.5. The molecule has 1 amide bonds. The second-order valence-electron chi connectivity index (χ2n) is 4.66. The Balaban J connectivity index is 2.27. The fourth-order valence-corrected chi connectivity index (χ4v) is 2.12. The van der Waals surface area contributed by atoms with Crippen LogP contribution in [-0.4, -0.2) is 20.5 Å². The highest BCUT2D eigenvalue weighted by atomic mass is 19.4. The van der Waals surface area contributed by atoms with E-state index < -0.39 is 17.8 Å². The fraction of sp³-hybridized carbons (Fsp3) is 0.0714. The second kappa shape index (κ2) is 5.36. The zero-order valence-electron chi connectivity index (χ0n) is 11.5. The van der Waals surface area contributed by atoms with Crippen LogP contribution in [-0.2, 0) is 6.18 Å². The van der Waals surface area contributed by atoms with Crippen LogP contribution in [0.5, 0.6) is 0 Å². The maximum atomic E-state index is 13.3. The quantitative estimate of drug-likeness (QED) is 0.429. The summed E-state index contributed by atoms with van der Waals surface area (Å²) in [5, 5.41) is 3.63. The zero-order chi connectivity index (χ0) is 16.6. The molecule has 0 spiro atoms. The van der Waals surface area contributed by atoms with Gasteiger partial charge in [0.25, 0.3) is 5.91 Å². The number of halogens is 3. The molecule has 0 fully saturated rings. The lowest BCUT2D eigenvalue weighted by Crippen LogP contribution is -2.30. The number of carbonyl (C=O) groups excluding carboxylic acids is 1. The molecule has 0 aliphatic carbocycles. The second-order valence-corrected chi connectivity index (χ2v) is 4.66. The van der Waals surface area contributed by atoms with Crippen LogP contribution in [0, 0.1) is 0 Å². The molecule has 0 radical (unpaired) electrons. The Morgan fingerprint density at radius 2 is 1.87 bits per heavy atom. The molecule has 0 saturated heterocycles. The molecule has 118 valence electrons. The van der Waals surface area contributed by atoms with Crippen LogP contribution >= 0.6 is 0 Å². The van der Waals surface area contributed by atoms with Crippen molar-refractivity contribution in [1.29, 1.82) is 0 Å². The Labute approximate surface area is 127 Å². The van der Waals surface area contributed by atoms with Crippen molar-refractivity contribution >= 4 is 11.6 Å². The summed E-state index contributed by atoms with van der Waals surface area (Å²) in [5.74, 6) is 4.18. The average Bonchev–Trinajstić information content (AvgIpc) is 2.96. The van der Waals surface area contributed by atoms with Crippen molar-refractivity contribution in [2.75, 3.05) is 0 Å². The van der Waals surface area contributed by atoms with Gasteiger partial charge < -0.3 is 0 Å². The minimum Gasteiger partial charge on any atom is -0.289 e. The summed E-state index contributed by atoms with van der Waals surface area (Å²) in [6.45, 7) is 0. The standard InChI is InChI=1S/C14H10F3N5O/c15-14(16,17)11-6-9(8-4-2-1-3-5-8)19-12-7-10(13(23)20-18)21-22(11)12/h1-7H,18H2,(H,20,23). The third-order valence-electron chi connectivity index (χ3n) is 3.15. The molecule has 2 heterocycles. The monoisotopic (exact) mass is 321 g/mol. The van der Waals surface area contributed by atoms with Gasteiger partial charge in [-0.3, -0.25) is 10.2 Å². The predicted molar refractivity (Wildman–Crippen MR) is 75.1 cm³/mol. The summed E-state index contributed by atoms with van der Waals surface area (Å²) in [7, 11) is 0. The summed E-state index contributed by atoms with van der Waals surface area (Å²) >= 11 is 0. The lowest BCUT2D eigenvalue weighted by molar-refractivity contribution is -0.142. The van der Waals surface area contributed by atoms with E-state index in [1.54, 1.807) is 30.3 Å². The van der Waals surface area contributed by atoms with E-state index in [0.717, 1.165) is 12.1 Å². The third kappa shape index (κ3) is 2.73. The topological polar surface area (TPSA) is 85.3 Å². The van der Waals surface area contributed by atoms with Crippen LogP contribution in [0.1, 0.15) is 16.2 Å². The molecule has 0 aliphatic rings. The normalized spacial score (nSPS) is 11.7. The molecule has 3 rings (SSSR count). The number of fused-ring (bicyclic) bond motifs is 1. The molecule has 0 unspecified atom stereocenters. The number of alkyl halides is 3. The van der Waals surface area contributed by atoms with Gasteiger partial charge in [-0.05, 0) is 6.07 Å². The van der Waals surface area contributed by atoms with Crippen LogP contribution in [0.25, 0.3) is 16.9 Å². The number of hydrogen-bond donors (Lipinski definition) is 2. The van der Waals surface area contributed by atoms with E-state index in [2.05, 4.69) is 10.1 Å². The zero-order valence-corrected chi connectivity index (χ0v) is 11.5. The molecule has 0 bridgehead atoms. The number of nitrogens with two attached hydrogens (primary N) is 1. The summed E-state index contributed by atoms with van der Waals surface area (Å²) in [6, 6.07) is 10.4. The van der Waals surface area contributed by atoms with Gasteiger partial charge in [0.15, 0.2) is 17.0 Å². The highest BCUT2D eigenvalue weighted by Crippen LogP contribution is 2.32. The van der Waals surface area contributed by atoms with Crippen LogP contribution < -0.4 is 11.3 Å². The fourth-order valence-electron chi connectivity index (χ4n) is 2.12. The molecular formula is C14H10F3N5O. The minimum atomic E-state index is -4.66. The Morgan fingerprint density at radius 3 is 2.48 bits per heavy atom. The van der Waals surface area contributed by atoms with E-state index in [1.165, 1.54) is 0 Å². The molecule has 3 aromatic rings. The van der Waals surface area contributed by atoms with Crippen molar-refractivity contribution in [1.82, 2.24) is 20.0 Å². The number of nitrogens with one attached hydrogen (secondary N) is 1. The van der Waals surface area contributed by atoms with E-state index in [-0.39, 0.29) is 17.0 Å². The molecule has 9 heteroatoms. The minimum absolute atomic E-state index is 0.0997. The van der Waals surface area contributed by atoms with E-state index in [4.69, 9.17) is 5.84 Å². The molecule has 6 nitrogen and oxygen atoms in total. The number of hydrazine groups is 1. The molecule has 0 aliphatic heterocycles. The number of amides is 1. The number of aromatic nitrogens is 3. The van der Waals surface area contributed by atoms with Crippen LogP contribution in [0.15, 0.2) is 42.5 Å². The van der Waals surface area contributed by atoms with Gasteiger partial charge in [0.05, 0.1) is 5.69 Å². The Hall–Kier alpha value is -2.94. The highest BCUT2D eigenvalue weighted by molar-refractivity contribution is 5.92. The van der Waals surface area contributed by atoms with Crippen LogP contribution in [0.3, 0.4) is 0 Å². The van der Waals surface area contributed by atoms with Crippen molar-refractivity contribution in [3.8, 4) is 11.3 Å². The highest BCUT2D eigenvalue weighted by Gasteiger charge is 2.35. The van der Waals surface area contributed by atoms with E-state index in [0.29, 0.717) is 10.1 Å². The Morgan fingerprint density at radius 1 is 1.17 bits per heavy atom. The van der Waals surface area contributed by atoms with Gasteiger partial charge in [-0.1, -0.05) is 30.3 Å². The molecule has 2 aromatic heterocycles. The molecule has 3 N–H and O–H groups in total. The lowest BCUT2D eigenvalue weighted by atomic mass is 10.1. The SMILES string of the molecule is NNC(=O)c1cc2nc(-c3ccccc3)cc(C(F)(F)F)n2n1. The van der Waals surface area contributed by atoms with Crippen molar-refractivity contribution in [2.24, 2.45) is 5.84 Å². The first-order valence-electron chi connectivity index (χ1n) is 6.44. The number of nitrogens with zero attached hydrogens (tertiary/aromatic N) is 3. The smallest absolute Gasteiger partial charge is 0.289 e. The van der Waals surface area contributed by atoms with Gasteiger partial charge >= 0.3 is 6.18 Å². The Kier molecular flexibility index (Phi) is 3.49.